The molecule has 0 aliphatic heterocycles. The van der Waals surface area contributed by atoms with Gasteiger partial charge in [0.05, 0.1) is 6.61 Å². The van der Waals surface area contributed by atoms with E-state index in [4.69, 9.17) is 4.74 Å². The van der Waals surface area contributed by atoms with Crippen molar-refractivity contribution in [3.8, 4) is 5.75 Å². The summed E-state index contributed by atoms with van der Waals surface area (Å²) >= 11 is 0. The summed E-state index contributed by atoms with van der Waals surface area (Å²) in [7, 11) is 0. The van der Waals surface area contributed by atoms with Crippen LogP contribution in [0.15, 0.2) is 18.2 Å². The number of hydrogen-bond acceptors (Lipinski definition) is 2. The number of benzene rings is 1. The Hall–Kier alpha value is -1.02. The van der Waals surface area contributed by atoms with Crippen molar-refractivity contribution < 1.29 is 4.74 Å². The van der Waals surface area contributed by atoms with E-state index in [-0.39, 0.29) is 0 Å². The van der Waals surface area contributed by atoms with Crippen molar-refractivity contribution in [2.24, 2.45) is 0 Å². The van der Waals surface area contributed by atoms with E-state index in [1.165, 1.54) is 24.0 Å². The minimum Gasteiger partial charge on any atom is -0.494 e. The summed E-state index contributed by atoms with van der Waals surface area (Å²) in [5.41, 5.74) is 2.74. The molecule has 19 heavy (non-hydrogen) atoms. The van der Waals surface area contributed by atoms with Gasteiger partial charge in [-0.3, -0.25) is 0 Å². The lowest BCUT2D eigenvalue weighted by Crippen LogP contribution is -2.16. The van der Waals surface area contributed by atoms with Gasteiger partial charge in [0.2, 0.25) is 0 Å². The highest BCUT2D eigenvalue weighted by Crippen LogP contribution is 2.23. The molecule has 0 bridgehead atoms. The van der Waals surface area contributed by atoms with Crippen molar-refractivity contribution in [2.45, 2.75) is 52.9 Å². The van der Waals surface area contributed by atoms with E-state index in [0.717, 1.165) is 31.9 Å². The predicted octanol–water partition coefficient (Wildman–Crippen LogP) is 4.28. The molecular weight excluding hydrogens is 234 g/mol. The molecule has 0 saturated heterocycles. The summed E-state index contributed by atoms with van der Waals surface area (Å²) in [4.78, 5) is 0. The number of hydrogen-bond donors (Lipinski definition) is 1. The zero-order chi connectivity index (χ0) is 14.1. The molecule has 0 heterocycles. The van der Waals surface area contributed by atoms with Crippen LogP contribution in [0.2, 0.25) is 0 Å². The molecule has 108 valence electrons. The first-order valence-corrected chi connectivity index (χ1v) is 7.59. The third kappa shape index (κ3) is 6.11. The molecule has 0 saturated carbocycles. The first-order valence-electron chi connectivity index (χ1n) is 7.59. The predicted molar refractivity (Wildman–Crippen MR) is 83.2 cm³/mol. The topological polar surface area (TPSA) is 21.3 Å². The highest BCUT2D eigenvalue weighted by molar-refractivity contribution is 5.36. The fraction of sp³-hybridized carbons (Fsp3) is 0.647. The van der Waals surface area contributed by atoms with Crippen LogP contribution in [-0.2, 0) is 0 Å². The molecule has 0 atom stereocenters. The van der Waals surface area contributed by atoms with Crippen molar-refractivity contribution >= 4 is 0 Å². The molecule has 1 N–H and O–H groups in total. The summed E-state index contributed by atoms with van der Waals surface area (Å²) in [5, 5.41) is 3.41. The van der Waals surface area contributed by atoms with Crippen LogP contribution < -0.4 is 10.1 Å². The van der Waals surface area contributed by atoms with E-state index in [2.05, 4.69) is 51.2 Å². The molecule has 0 aliphatic rings. The Labute approximate surface area is 118 Å². The lowest BCUT2D eigenvalue weighted by Gasteiger charge is -2.12. The van der Waals surface area contributed by atoms with E-state index in [0.29, 0.717) is 5.92 Å². The van der Waals surface area contributed by atoms with Gasteiger partial charge in [0.15, 0.2) is 0 Å². The van der Waals surface area contributed by atoms with Gasteiger partial charge in [-0.2, -0.15) is 0 Å². The molecule has 1 rings (SSSR count). The van der Waals surface area contributed by atoms with Crippen LogP contribution in [0.1, 0.15) is 57.1 Å². The molecule has 0 aromatic heterocycles. The Morgan fingerprint density at radius 1 is 1.16 bits per heavy atom. The number of ether oxygens (including phenoxy) is 1. The molecule has 1 aromatic carbocycles. The maximum absolute atomic E-state index is 5.80. The summed E-state index contributed by atoms with van der Waals surface area (Å²) < 4.78 is 5.80. The lowest BCUT2D eigenvalue weighted by molar-refractivity contribution is 0.305. The molecule has 2 heteroatoms. The van der Waals surface area contributed by atoms with Gasteiger partial charge in [-0.25, -0.2) is 0 Å². The Bertz CT molecular complexity index is 360. The zero-order valence-electron chi connectivity index (χ0n) is 13.0. The first kappa shape index (κ1) is 16.0. The number of rotatable bonds is 9. The van der Waals surface area contributed by atoms with Gasteiger partial charge in [-0.05, 0) is 68.5 Å². The van der Waals surface area contributed by atoms with Gasteiger partial charge in [0.25, 0.3) is 0 Å². The van der Waals surface area contributed by atoms with Crippen molar-refractivity contribution in [2.75, 3.05) is 19.7 Å². The average Bonchev–Trinajstić information content (AvgIpc) is 2.37. The van der Waals surface area contributed by atoms with Gasteiger partial charge in [0.1, 0.15) is 5.75 Å². The highest BCUT2D eigenvalue weighted by atomic mass is 16.5. The fourth-order valence-electron chi connectivity index (χ4n) is 2.23. The van der Waals surface area contributed by atoms with Gasteiger partial charge < -0.3 is 10.1 Å². The number of aryl methyl sites for hydroxylation is 1. The maximum Gasteiger partial charge on any atom is 0.119 e. The standard InChI is InChI=1S/C17H29NO/c1-5-10-18-11-6-7-12-19-16-8-9-17(14(2)3)15(4)13-16/h8-9,13-14,18H,5-7,10-12H2,1-4H3. The second-order valence-electron chi connectivity index (χ2n) is 5.48. The molecule has 0 unspecified atom stereocenters. The maximum atomic E-state index is 5.80. The summed E-state index contributed by atoms with van der Waals surface area (Å²) in [6, 6.07) is 6.44. The van der Waals surface area contributed by atoms with Gasteiger partial charge in [-0.15, -0.1) is 0 Å². The molecule has 0 amide bonds. The van der Waals surface area contributed by atoms with Crippen LogP contribution in [0.25, 0.3) is 0 Å². The number of nitrogens with one attached hydrogen (secondary N) is 1. The van der Waals surface area contributed by atoms with Crippen LogP contribution in [0.4, 0.5) is 0 Å². The largest absolute Gasteiger partial charge is 0.494 e. The van der Waals surface area contributed by atoms with Crippen LogP contribution >= 0.6 is 0 Å². The van der Waals surface area contributed by atoms with E-state index < -0.39 is 0 Å². The van der Waals surface area contributed by atoms with Crippen molar-refractivity contribution in [1.82, 2.24) is 5.32 Å². The van der Waals surface area contributed by atoms with Crippen LogP contribution in [-0.4, -0.2) is 19.7 Å². The second-order valence-corrected chi connectivity index (χ2v) is 5.48. The third-order valence-corrected chi connectivity index (χ3v) is 3.31. The fourth-order valence-corrected chi connectivity index (χ4v) is 2.23. The quantitative estimate of drug-likeness (QED) is 0.672. The molecule has 2 nitrogen and oxygen atoms in total. The minimum absolute atomic E-state index is 0.582. The van der Waals surface area contributed by atoms with Crippen molar-refractivity contribution in [3.05, 3.63) is 29.3 Å². The number of unbranched alkanes of at least 4 members (excludes halogenated alkanes) is 1. The normalized spacial score (nSPS) is 11.0. The van der Waals surface area contributed by atoms with Crippen molar-refractivity contribution in [1.29, 1.82) is 0 Å². The molecular formula is C17H29NO. The summed E-state index contributed by atoms with van der Waals surface area (Å²) in [6.45, 7) is 11.8. The minimum atomic E-state index is 0.582. The van der Waals surface area contributed by atoms with E-state index in [1.54, 1.807) is 0 Å². The Morgan fingerprint density at radius 2 is 1.95 bits per heavy atom. The molecule has 0 fully saturated rings. The monoisotopic (exact) mass is 263 g/mol. The van der Waals surface area contributed by atoms with Crippen LogP contribution in [0.3, 0.4) is 0 Å². The average molecular weight is 263 g/mol. The van der Waals surface area contributed by atoms with E-state index in [1.807, 2.05) is 0 Å². The van der Waals surface area contributed by atoms with Gasteiger partial charge in [-0.1, -0.05) is 26.8 Å². The van der Waals surface area contributed by atoms with Crippen molar-refractivity contribution in [3.63, 3.8) is 0 Å². The van der Waals surface area contributed by atoms with E-state index in [9.17, 15) is 0 Å². The Morgan fingerprint density at radius 3 is 2.58 bits per heavy atom. The first-order chi connectivity index (χ1) is 9.15. The Kier molecular flexibility index (Phi) is 7.57. The zero-order valence-corrected chi connectivity index (χ0v) is 13.0. The molecule has 1 aromatic rings. The summed E-state index contributed by atoms with van der Waals surface area (Å²) in [6.07, 6.45) is 3.50. The van der Waals surface area contributed by atoms with Crippen LogP contribution in [0.5, 0.6) is 5.75 Å². The third-order valence-electron chi connectivity index (χ3n) is 3.31. The lowest BCUT2D eigenvalue weighted by atomic mass is 9.98. The molecule has 0 aliphatic carbocycles. The summed E-state index contributed by atoms with van der Waals surface area (Å²) in [5.74, 6) is 1.59. The van der Waals surface area contributed by atoms with Crippen LogP contribution in [0, 0.1) is 6.92 Å². The van der Waals surface area contributed by atoms with Gasteiger partial charge in [0, 0.05) is 0 Å². The Balaban J connectivity index is 2.25. The highest BCUT2D eigenvalue weighted by Gasteiger charge is 2.04. The SMILES string of the molecule is CCCNCCCCOc1ccc(C(C)C)c(C)c1. The van der Waals surface area contributed by atoms with E-state index >= 15 is 0 Å². The second kappa shape index (κ2) is 8.98. The van der Waals surface area contributed by atoms with Gasteiger partial charge >= 0.3 is 0 Å². The molecule has 0 radical (unpaired) electrons. The molecule has 0 spiro atoms. The smallest absolute Gasteiger partial charge is 0.119 e.